The molecule has 0 aliphatic heterocycles. The van der Waals surface area contributed by atoms with E-state index < -0.39 is 38.2 Å². The van der Waals surface area contributed by atoms with Gasteiger partial charge >= 0.3 is 0 Å². The van der Waals surface area contributed by atoms with E-state index in [4.69, 9.17) is 0 Å². The predicted molar refractivity (Wildman–Crippen MR) is 110 cm³/mol. The van der Waals surface area contributed by atoms with Crippen molar-refractivity contribution in [3.63, 3.8) is 0 Å². The number of halogens is 4. The van der Waals surface area contributed by atoms with Gasteiger partial charge in [-0.2, -0.15) is 8.78 Å². The summed E-state index contributed by atoms with van der Waals surface area (Å²) in [5, 5.41) is 2.59. The number of carbonyl (C=O) groups is 1. The third-order valence-corrected chi connectivity index (χ3v) is 6.04. The molecule has 0 unspecified atom stereocenters. The van der Waals surface area contributed by atoms with E-state index >= 15 is 0 Å². The number of amides is 1. The second-order valence-corrected chi connectivity index (χ2v) is 8.86. The van der Waals surface area contributed by atoms with E-state index in [-0.39, 0.29) is 11.3 Å². The highest BCUT2D eigenvalue weighted by Gasteiger charge is 2.17. The van der Waals surface area contributed by atoms with Crippen LogP contribution in [0.25, 0.3) is 0 Å². The lowest BCUT2D eigenvalue weighted by Crippen LogP contribution is -2.14. The molecule has 0 atom stereocenters. The zero-order valence-corrected chi connectivity index (χ0v) is 17.1. The lowest BCUT2D eigenvalue weighted by molar-refractivity contribution is 0.102. The summed E-state index contributed by atoms with van der Waals surface area (Å²) < 4.78 is 77.8. The Morgan fingerprint density at radius 2 is 1.45 bits per heavy atom. The SMILES string of the molecule is O=C(Nc1ccc(NS(=O)(=O)c2ccc(F)c(F)c2)cc1)c1ccc(SC(F)F)cc1. The molecule has 3 rings (SSSR count). The third-order valence-electron chi connectivity index (χ3n) is 3.94. The molecule has 0 bridgehead atoms. The van der Waals surface area contributed by atoms with Gasteiger partial charge in [0.25, 0.3) is 21.7 Å². The zero-order valence-electron chi connectivity index (χ0n) is 15.5. The van der Waals surface area contributed by atoms with Crippen LogP contribution in [0.1, 0.15) is 10.4 Å². The van der Waals surface area contributed by atoms with Crippen molar-refractivity contribution < 1.29 is 30.8 Å². The molecule has 0 aromatic heterocycles. The summed E-state index contributed by atoms with van der Waals surface area (Å²) in [5.41, 5.74) is 0.740. The number of thioether (sulfide) groups is 1. The molecule has 11 heteroatoms. The fourth-order valence-corrected chi connectivity index (χ4v) is 4.04. The summed E-state index contributed by atoms with van der Waals surface area (Å²) in [5.74, 6) is -5.50. The smallest absolute Gasteiger partial charge is 0.288 e. The number of carbonyl (C=O) groups excluding carboxylic acids is 1. The van der Waals surface area contributed by atoms with Gasteiger partial charge in [0, 0.05) is 21.8 Å². The standard InChI is InChI=1S/C20H14F4N2O3S2/c21-17-10-9-16(11-18(17)22)31(28,29)26-14-5-3-13(4-6-14)25-19(27)12-1-7-15(8-2-12)30-20(23)24/h1-11,20,26H,(H,25,27). The lowest BCUT2D eigenvalue weighted by Gasteiger charge is -2.10. The van der Waals surface area contributed by atoms with Crippen molar-refractivity contribution in [3.05, 3.63) is 83.9 Å². The molecule has 0 aliphatic carbocycles. The fraction of sp³-hybridized carbons (Fsp3) is 0.0500. The van der Waals surface area contributed by atoms with Crippen molar-refractivity contribution in [3.8, 4) is 0 Å². The molecule has 2 N–H and O–H groups in total. The Hall–Kier alpha value is -3.05. The summed E-state index contributed by atoms with van der Waals surface area (Å²) in [6, 6.07) is 13.4. The van der Waals surface area contributed by atoms with E-state index in [0.717, 1.165) is 6.07 Å². The first-order valence-corrected chi connectivity index (χ1v) is 10.9. The topological polar surface area (TPSA) is 75.3 Å². The number of benzene rings is 3. The number of sulfonamides is 1. The Bertz CT molecular complexity index is 1190. The Morgan fingerprint density at radius 1 is 0.839 bits per heavy atom. The molecule has 0 radical (unpaired) electrons. The highest BCUT2D eigenvalue weighted by molar-refractivity contribution is 7.99. The summed E-state index contributed by atoms with van der Waals surface area (Å²) in [7, 11) is -4.14. The molecule has 0 spiro atoms. The molecule has 0 aliphatic rings. The normalized spacial score (nSPS) is 11.4. The predicted octanol–water partition coefficient (Wildman–Crippen LogP) is 5.33. The van der Waals surface area contributed by atoms with Crippen molar-refractivity contribution in [2.75, 3.05) is 10.0 Å². The van der Waals surface area contributed by atoms with Crippen LogP contribution in [-0.2, 0) is 10.0 Å². The number of alkyl halides is 2. The van der Waals surface area contributed by atoms with Crippen LogP contribution in [-0.4, -0.2) is 20.1 Å². The highest BCUT2D eigenvalue weighted by atomic mass is 32.2. The number of hydrogen-bond donors (Lipinski definition) is 2. The largest absolute Gasteiger partial charge is 0.322 e. The molecular formula is C20H14F4N2O3S2. The monoisotopic (exact) mass is 470 g/mol. The maximum Gasteiger partial charge on any atom is 0.288 e. The molecule has 3 aromatic rings. The van der Waals surface area contributed by atoms with E-state index in [1.165, 1.54) is 48.5 Å². The van der Waals surface area contributed by atoms with Crippen LogP contribution >= 0.6 is 11.8 Å². The number of anilines is 2. The van der Waals surface area contributed by atoms with E-state index in [9.17, 15) is 30.8 Å². The Kier molecular flexibility index (Phi) is 6.86. The highest BCUT2D eigenvalue weighted by Crippen LogP contribution is 2.25. The Morgan fingerprint density at radius 3 is 2.03 bits per heavy atom. The molecule has 0 heterocycles. The van der Waals surface area contributed by atoms with Gasteiger partial charge in [0.15, 0.2) is 11.6 Å². The van der Waals surface area contributed by atoms with Gasteiger partial charge in [-0.15, -0.1) is 0 Å². The van der Waals surface area contributed by atoms with Crippen LogP contribution in [0.2, 0.25) is 0 Å². The van der Waals surface area contributed by atoms with Gasteiger partial charge in [0.1, 0.15) is 0 Å². The van der Waals surface area contributed by atoms with E-state index in [1.54, 1.807) is 0 Å². The molecule has 0 fully saturated rings. The van der Waals surface area contributed by atoms with E-state index in [2.05, 4.69) is 10.0 Å². The Balaban J connectivity index is 1.65. The number of hydrogen-bond acceptors (Lipinski definition) is 4. The quantitative estimate of drug-likeness (QED) is 0.361. The maximum absolute atomic E-state index is 13.3. The first-order chi connectivity index (χ1) is 14.6. The minimum absolute atomic E-state index is 0.135. The fourth-order valence-electron chi connectivity index (χ4n) is 2.47. The van der Waals surface area contributed by atoms with Gasteiger partial charge in [0.2, 0.25) is 0 Å². The zero-order chi connectivity index (χ0) is 22.6. The van der Waals surface area contributed by atoms with Crippen molar-refractivity contribution in [2.45, 2.75) is 15.5 Å². The minimum atomic E-state index is -4.14. The maximum atomic E-state index is 13.3. The van der Waals surface area contributed by atoms with Crippen LogP contribution in [0.15, 0.2) is 76.5 Å². The molecule has 162 valence electrons. The first kappa shape index (κ1) is 22.6. The summed E-state index contributed by atoms with van der Waals surface area (Å²) in [4.78, 5) is 12.1. The number of nitrogens with one attached hydrogen (secondary N) is 2. The van der Waals surface area contributed by atoms with Gasteiger partial charge in [-0.3, -0.25) is 9.52 Å². The summed E-state index contributed by atoms with van der Waals surface area (Å²) in [6.07, 6.45) is 0. The summed E-state index contributed by atoms with van der Waals surface area (Å²) >= 11 is 0.368. The van der Waals surface area contributed by atoms with Crippen LogP contribution < -0.4 is 10.0 Å². The van der Waals surface area contributed by atoms with Gasteiger partial charge in [-0.25, -0.2) is 17.2 Å². The van der Waals surface area contributed by atoms with Gasteiger partial charge in [-0.05, 0) is 66.7 Å². The van der Waals surface area contributed by atoms with E-state index in [1.807, 2.05) is 0 Å². The molecular weight excluding hydrogens is 456 g/mol. The molecule has 31 heavy (non-hydrogen) atoms. The Labute approximate surface area is 179 Å². The molecule has 5 nitrogen and oxygen atoms in total. The number of rotatable bonds is 7. The lowest BCUT2D eigenvalue weighted by atomic mass is 10.2. The van der Waals surface area contributed by atoms with Gasteiger partial charge < -0.3 is 5.32 Å². The van der Waals surface area contributed by atoms with Crippen LogP contribution in [0.3, 0.4) is 0 Å². The second-order valence-electron chi connectivity index (χ2n) is 6.12. The minimum Gasteiger partial charge on any atom is -0.322 e. The van der Waals surface area contributed by atoms with E-state index in [0.29, 0.717) is 34.5 Å². The van der Waals surface area contributed by atoms with Crippen molar-refractivity contribution in [2.24, 2.45) is 0 Å². The molecule has 3 aromatic carbocycles. The van der Waals surface area contributed by atoms with Crippen molar-refractivity contribution in [1.82, 2.24) is 0 Å². The van der Waals surface area contributed by atoms with Crippen molar-refractivity contribution >= 4 is 39.1 Å². The first-order valence-electron chi connectivity index (χ1n) is 8.58. The average molecular weight is 470 g/mol. The average Bonchev–Trinajstić information content (AvgIpc) is 2.71. The second kappa shape index (κ2) is 9.40. The van der Waals surface area contributed by atoms with Gasteiger partial charge in [-0.1, -0.05) is 11.8 Å². The summed E-state index contributed by atoms with van der Waals surface area (Å²) in [6.45, 7) is 0. The van der Waals surface area contributed by atoms with Crippen molar-refractivity contribution in [1.29, 1.82) is 0 Å². The molecule has 1 amide bonds. The van der Waals surface area contributed by atoms with Crippen LogP contribution in [0.5, 0.6) is 0 Å². The van der Waals surface area contributed by atoms with Crippen LogP contribution in [0.4, 0.5) is 28.9 Å². The van der Waals surface area contributed by atoms with Crippen LogP contribution in [0, 0.1) is 11.6 Å². The van der Waals surface area contributed by atoms with Gasteiger partial charge in [0.05, 0.1) is 4.90 Å². The molecule has 0 saturated carbocycles. The third kappa shape index (κ3) is 5.98. The molecule has 0 saturated heterocycles.